The van der Waals surface area contributed by atoms with Crippen molar-refractivity contribution in [2.45, 2.75) is 19.8 Å². The van der Waals surface area contributed by atoms with Crippen molar-refractivity contribution < 1.29 is 9.53 Å². The Morgan fingerprint density at radius 2 is 1.90 bits per heavy atom. The van der Waals surface area contributed by atoms with Crippen LogP contribution in [0.15, 0.2) is 12.3 Å². The SMILES string of the molecule is C=C(C)NCCN1CCN(C)CC1.O=CC1CCOCC1. The first-order chi connectivity index (χ1) is 10.1. The number of aldehydes is 1. The molecular formula is C16H31N3O2. The van der Waals surface area contributed by atoms with Crippen LogP contribution in [0, 0.1) is 5.92 Å². The lowest BCUT2D eigenvalue weighted by molar-refractivity contribution is -0.113. The number of carbonyl (C=O) groups is 1. The number of allylic oxidation sites excluding steroid dienone is 1. The van der Waals surface area contributed by atoms with Gasteiger partial charge < -0.3 is 19.7 Å². The molecule has 0 aliphatic carbocycles. The van der Waals surface area contributed by atoms with Gasteiger partial charge in [0.15, 0.2) is 0 Å². The van der Waals surface area contributed by atoms with Crippen LogP contribution in [0.25, 0.3) is 0 Å². The fourth-order valence-electron chi connectivity index (χ4n) is 2.35. The van der Waals surface area contributed by atoms with Gasteiger partial charge in [0, 0.05) is 64.1 Å². The molecule has 2 aliphatic rings. The van der Waals surface area contributed by atoms with E-state index in [2.05, 4.69) is 28.7 Å². The molecule has 2 rings (SSSR count). The van der Waals surface area contributed by atoms with Crippen LogP contribution in [0.4, 0.5) is 0 Å². The average molecular weight is 297 g/mol. The first-order valence-electron chi connectivity index (χ1n) is 7.95. The molecular weight excluding hydrogens is 266 g/mol. The Hall–Kier alpha value is -0.910. The number of hydrogen-bond donors (Lipinski definition) is 1. The van der Waals surface area contributed by atoms with Gasteiger partial charge in [-0.15, -0.1) is 0 Å². The molecule has 2 heterocycles. The summed E-state index contributed by atoms with van der Waals surface area (Å²) in [5.74, 6) is 0.281. The fourth-order valence-corrected chi connectivity index (χ4v) is 2.35. The monoisotopic (exact) mass is 297 g/mol. The molecule has 1 N–H and O–H groups in total. The molecule has 5 nitrogen and oxygen atoms in total. The first kappa shape index (κ1) is 18.1. The molecule has 5 heteroatoms. The summed E-state index contributed by atoms with van der Waals surface area (Å²) >= 11 is 0. The van der Waals surface area contributed by atoms with E-state index in [9.17, 15) is 4.79 Å². The predicted molar refractivity (Wildman–Crippen MR) is 86.4 cm³/mol. The molecule has 0 aromatic heterocycles. The van der Waals surface area contributed by atoms with Gasteiger partial charge >= 0.3 is 0 Å². The highest BCUT2D eigenvalue weighted by molar-refractivity contribution is 5.53. The number of piperazine rings is 1. The van der Waals surface area contributed by atoms with Crippen molar-refractivity contribution in [1.82, 2.24) is 15.1 Å². The summed E-state index contributed by atoms with van der Waals surface area (Å²) in [5.41, 5.74) is 1.06. The van der Waals surface area contributed by atoms with Gasteiger partial charge in [-0.25, -0.2) is 0 Å². The van der Waals surface area contributed by atoms with Crippen LogP contribution in [0.1, 0.15) is 19.8 Å². The Morgan fingerprint density at radius 1 is 1.29 bits per heavy atom. The lowest BCUT2D eigenvalue weighted by Crippen LogP contribution is -2.46. The van der Waals surface area contributed by atoms with Gasteiger partial charge in [-0.2, -0.15) is 0 Å². The summed E-state index contributed by atoms with van der Waals surface area (Å²) in [6.07, 6.45) is 2.87. The van der Waals surface area contributed by atoms with Crippen molar-refractivity contribution in [2.75, 3.05) is 59.5 Å². The van der Waals surface area contributed by atoms with Crippen molar-refractivity contribution >= 4 is 6.29 Å². The van der Waals surface area contributed by atoms with Crippen LogP contribution in [-0.2, 0) is 9.53 Å². The van der Waals surface area contributed by atoms with E-state index in [0.29, 0.717) is 0 Å². The van der Waals surface area contributed by atoms with Crippen LogP contribution in [-0.4, -0.2) is 75.6 Å². The van der Waals surface area contributed by atoms with Gasteiger partial charge in [0.2, 0.25) is 0 Å². The van der Waals surface area contributed by atoms with Crippen LogP contribution in [0.2, 0.25) is 0 Å². The van der Waals surface area contributed by atoms with Gasteiger partial charge in [-0.1, -0.05) is 6.58 Å². The number of likely N-dealkylation sites (N-methyl/N-ethyl adjacent to an activating group) is 1. The Labute approximate surface area is 129 Å². The van der Waals surface area contributed by atoms with Crippen LogP contribution >= 0.6 is 0 Å². The summed E-state index contributed by atoms with van der Waals surface area (Å²) in [4.78, 5) is 15.0. The van der Waals surface area contributed by atoms with Crippen molar-refractivity contribution in [3.63, 3.8) is 0 Å². The minimum Gasteiger partial charge on any atom is -0.388 e. The van der Waals surface area contributed by atoms with E-state index in [-0.39, 0.29) is 5.92 Å². The number of nitrogens with one attached hydrogen (secondary N) is 1. The Morgan fingerprint density at radius 3 is 2.38 bits per heavy atom. The topological polar surface area (TPSA) is 44.8 Å². The Kier molecular flexibility index (Phi) is 9.30. The standard InChI is InChI=1S/C10H21N3.C6H10O2/c1-10(2)11-4-5-13-8-6-12(3)7-9-13;7-5-6-1-3-8-4-2-6/h11H,1,4-9H2,2-3H3;5-6H,1-4H2. The number of hydrogen-bond acceptors (Lipinski definition) is 5. The zero-order chi connectivity index (χ0) is 15.5. The van der Waals surface area contributed by atoms with Gasteiger partial charge in [0.1, 0.15) is 6.29 Å². The zero-order valence-electron chi connectivity index (χ0n) is 13.6. The summed E-state index contributed by atoms with van der Waals surface area (Å²) in [5, 5.41) is 3.25. The van der Waals surface area contributed by atoms with Gasteiger partial charge in [0.25, 0.3) is 0 Å². The number of carbonyl (C=O) groups excluding carboxylic acids is 1. The van der Waals surface area contributed by atoms with Gasteiger partial charge in [-0.3, -0.25) is 4.90 Å². The van der Waals surface area contributed by atoms with Crippen molar-refractivity contribution in [3.05, 3.63) is 12.3 Å². The molecule has 0 bridgehead atoms. The highest BCUT2D eigenvalue weighted by Crippen LogP contribution is 2.10. The summed E-state index contributed by atoms with van der Waals surface area (Å²) < 4.78 is 5.04. The molecule has 0 radical (unpaired) electrons. The summed E-state index contributed by atoms with van der Waals surface area (Å²) in [6.45, 7) is 14.3. The molecule has 0 aromatic rings. The molecule has 0 amide bonds. The zero-order valence-corrected chi connectivity index (χ0v) is 13.6. The van der Waals surface area contributed by atoms with E-state index in [1.807, 2.05) is 6.92 Å². The van der Waals surface area contributed by atoms with E-state index < -0.39 is 0 Å². The number of rotatable bonds is 5. The lowest BCUT2D eigenvalue weighted by atomic mass is 10.0. The lowest BCUT2D eigenvalue weighted by Gasteiger charge is -2.32. The predicted octanol–water partition coefficient (Wildman–Crippen LogP) is 0.969. The molecule has 0 unspecified atom stereocenters. The third kappa shape index (κ3) is 8.86. The minimum absolute atomic E-state index is 0.281. The van der Waals surface area contributed by atoms with E-state index in [4.69, 9.17) is 4.74 Å². The van der Waals surface area contributed by atoms with Crippen molar-refractivity contribution in [3.8, 4) is 0 Å². The molecule has 0 aromatic carbocycles. The highest BCUT2D eigenvalue weighted by Gasteiger charge is 2.12. The largest absolute Gasteiger partial charge is 0.388 e. The van der Waals surface area contributed by atoms with Crippen molar-refractivity contribution in [1.29, 1.82) is 0 Å². The fraction of sp³-hybridized carbons (Fsp3) is 0.812. The van der Waals surface area contributed by atoms with E-state index in [0.717, 1.165) is 51.1 Å². The van der Waals surface area contributed by atoms with Gasteiger partial charge in [0.05, 0.1) is 0 Å². The molecule has 122 valence electrons. The Balaban J connectivity index is 0.000000235. The maximum Gasteiger partial charge on any atom is 0.123 e. The molecule has 0 saturated carbocycles. The summed E-state index contributed by atoms with van der Waals surface area (Å²) in [7, 11) is 2.18. The second kappa shape index (κ2) is 10.8. The van der Waals surface area contributed by atoms with Crippen LogP contribution < -0.4 is 5.32 Å². The smallest absolute Gasteiger partial charge is 0.123 e. The Bertz CT molecular complexity index is 296. The van der Waals surface area contributed by atoms with Gasteiger partial charge in [-0.05, 0) is 26.8 Å². The number of nitrogens with zero attached hydrogens (tertiary/aromatic N) is 2. The van der Waals surface area contributed by atoms with Crippen molar-refractivity contribution in [2.24, 2.45) is 5.92 Å². The molecule has 2 fully saturated rings. The molecule has 2 saturated heterocycles. The second-order valence-corrected chi connectivity index (χ2v) is 5.94. The first-order valence-corrected chi connectivity index (χ1v) is 7.95. The average Bonchev–Trinajstić information content (AvgIpc) is 2.50. The van der Waals surface area contributed by atoms with Crippen LogP contribution in [0.3, 0.4) is 0 Å². The molecule has 21 heavy (non-hydrogen) atoms. The number of ether oxygens (including phenoxy) is 1. The summed E-state index contributed by atoms with van der Waals surface area (Å²) in [6, 6.07) is 0. The highest BCUT2D eigenvalue weighted by atomic mass is 16.5. The minimum atomic E-state index is 0.281. The third-order valence-corrected chi connectivity index (χ3v) is 3.91. The van der Waals surface area contributed by atoms with E-state index in [1.54, 1.807) is 0 Å². The second-order valence-electron chi connectivity index (χ2n) is 5.94. The third-order valence-electron chi connectivity index (χ3n) is 3.91. The molecule has 0 spiro atoms. The van der Waals surface area contributed by atoms with E-state index in [1.165, 1.54) is 26.2 Å². The normalized spacial score (nSPS) is 21.2. The quantitative estimate of drug-likeness (QED) is 0.766. The van der Waals surface area contributed by atoms with E-state index >= 15 is 0 Å². The molecule has 0 atom stereocenters. The van der Waals surface area contributed by atoms with Crippen LogP contribution in [0.5, 0.6) is 0 Å². The maximum atomic E-state index is 10.1. The maximum absolute atomic E-state index is 10.1. The molecule has 2 aliphatic heterocycles.